The Morgan fingerprint density at radius 2 is 2.31 bits per heavy atom. The molecule has 0 heterocycles. The third-order valence-corrected chi connectivity index (χ3v) is 2.82. The molecule has 0 aliphatic heterocycles. The summed E-state index contributed by atoms with van der Waals surface area (Å²) in [7, 11) is 1.60. The Kier molecular flexibility index (Phi) is 4.76. The highest BCUT2D eigenvalue weighted by molar-refractivity contribution is 9.10. The number of rotatable bonds is 5. The van der Waals surface area contributed by atoms with Gasteiger partial charge in [-0.2, -0.15) is 0 Å². The van der Waals surface area contributed by atoms with Crippen molar-refractivity contribution in [1.29, 1.82) is 0 Å². The van der Waals surface area contributed by atoms with Gasteiger partial charge in [-0.3, -0.25) is 4.79 Å². The first-order valence-corrected chi connectivity index (χ1v) is 5.62. The number of carboxylic acids is 1. The Hall–Kier alpha value is -1.07. The van der Waals surface area contributed by atoms with Gasteiger partial charge in [-0.05, 0) is 40.5 Å². The van der Waals surface area contributed by atoms with Gasteiger partial charge in [0.25, 0.3) is 0 Å². The number of carbonyl (C=O) groups is 1. The Morgan fingerprint density at radius 1 is 1.62 bits per heavy atom. The summed E-state index contributed by atoms with van der Waals surface area (Å²) in [5.74, 6) is -0.0948. The molecule has 0 aliphatic rings. The third kappa shape index (κ3) is 3.50. The van der Waals surface area contributed by atoms with E-state index in [9.17, 15) is 4.79 Å². The zero-order valence-corrected chi connectivity index (χ0v) is 10.7. The third-order valence-electron chi connectivity index (χ3n) is 2.20. The smallest absolute Gasteiger partial charge is 0.320 e. The van der Waals surface area contributed by atoms with Gasteiger partial charge in [-0.15, -0.1) is 0 Å². The summed E-state index contributed by atoms with van der Waals surface area (Å²) in [4.78, 5) is 10.6. The molecule has 0 saturated carbocycles. The Labute approximate surface area is 103 Å². The molecule has 0 spiro atoms. The molecule has 0 unspecified atom stereocenters. The van der Waals surface area contributed by atoms with E-state index in [1.165, 1.54) is 0 Å². The van der Waals surface area contributed by atoms with Crippen molar-refractivity contribution in [1.82, 2.24) is 5.32 Å². The molecule has 4 nitrogen and oxygen atoms in total. The number of hydrogen-bond donors (Lipinski definition) is 2. The predicted octanol–water partition coefficient (Wildman–Crippen LogP) is 2.02. The predicted molar refractivity (Wildman–Crippen MR) is 64.6 cm³/mol. The number of carboxylic acid groups (broad SMARTS) is 1. The number of methoxy groups -OCH3 is 1. The second-order valence-corrected chi connectivity index (χ2v) is 4.26. The number of halogens is 1. The second-order valence-electron chi connectivity index (χ2n) is 3.41. The van der Waals surface area contributed by atoms with E-state index < -0.39 is 12.0 Å². The average molecular weight is 288 g/mol. The summed E-state index contributed by atoms with van der Waals surface area (Å²) in [6.45, 7) is 2.12. The normalized spacial score (nSPS) is 12.2. The molecule has 0 aromatic heterocycles. The van der Waals surface area contributed by atoms with Gasteiger partial charge in [0.15, 0.2) is 0 Å². The molecule has 88 valence electrons. The molecule has 0 aliphatic carbocycles. The lowest BCUT2D eigenvalue weighted by atomic mass is 10.2. The second kappa shape index (κ2) is 5.86. The van der Waals surface area contributed by atoms with E-state index in [2.05, 4.69) is 21.2 Å². The summed E-state index contributed by atoms with van der Waals surface area (Å²) < 4.78 is 5.96. The zero-order valence-electron chi connectivity index (χ0n) is 9.16. The molecule has 0 fully saturated rings. The van der Waals surface area contributed by atoms with Crippen LogP contribution in [0, 0.1) is 0 Å². The fourth-order valence-electron chi connectivity index (χ4n) is 1.18. The molecule has 5 heteroatoms. The topological polar surface area (TPSA) is 58.6 Å². The van der Waals surface area contributed by atoms with Crippen LogP contribution in [0.1, 0.15) is 12.5 Å². The first kappa shape index (κ1) is 13.0. The lowest BCUT2D eigenvalue weighted by Crippen LogP contribution is -2.33. The van der Waals surface area contributed by atoms with Crippen LogP contribution in [0.3, 0.4) is 0 Å². The lowest BCUT2D eigenvalue weighted by molar-refractivity contribution is -0.139. The molecule has 2 N–H and O–H groups in total. The Morgan fingerprint density at radius 3 is 2.81 bits per heavy atom. The van der Waals surface area contributed by atoms with Crippen LogP contribution in [0.2, 0.25) is 0 Å². The Bertz CT molecular complexity index is 381. The highest BCUT2D eigenvalue weighted by atomic mass is 79.9. The van der Waals surface area contributed by atoms with Crippen molar-refractivity contribution in [2.45, 2.75) is 19.5 Å². The van der Waals surface area contributed by atoms with Crippen molar-refractivity contribution in [2.24, 2.45) is 0 Å². The minimum absolute atomic E-state index is 0.510. The van der Waals surface area contributed by atoms with Crippen molar-refractivity contribution in [3.63, 3.8) is 0 Å². The fourth-order valence-corrected chi connectivity index (χ4v) is 1.77. The van der Waals surface area contributed by atoms with Gasteiger partial charge in [0, 0.05) is 6.54 Å². The lowest BCUT2D eigenvalue weighted by Gasteiger charge is -2.10. The molecule has 0 radical (unpaired) electrons. The van der Waals surface area contributed by atoms with Crippen molar-refractivity contribution in [3.05, 3.63) is 28.2 Å². The van der Waals surface area contributed by atoms with Crippen LogP contribution in [-0.2, 0) is 11.3 Å². The van der Waals surface area contributed by atoms with Crippen LogP contribution in [0.25, 0.3) is 0 Å². The minimum atomic E-state index is -0.854. The van der Waals surface area contributed by atoms with E-state index in [0.29, 0.717) is 6.54 Å². The quantitative estimate of drug-likeness (QED) is 0.870. The molecule has 1 atom stereocenters. The first-order valence-electron chi connectivity index (χ1n) is 4.83. The van der Waals surface area contributed by atoms with E-state index in [4.69, 9.17) is 9.84 Å². The molecule has 1 aromatic carbocycles. The van der Waals surface area contributed by atoms with E-state index in [1.807, 2.05) is 18.2 Å². The van der Waals surface area contributed by atoms with E-state index in [0.717, 1.165) is 15.8 Å². The van der Waals surface area contributed by atoms with Gasteiger partial charge in [-0.1, -0.05) is 6.07 Å². The highest BCUT2D eigenvalue weighted by Crippen LogP contribution is 2.25. The SMILES string of the molecule is COc1ccc(CN[C@@H](C)C(=O)O)cc1Br. The molecule has 1 aromatic rings. The maximum absolute atomic E-state index is 10.6. The summed E-state index contributed by atoms with van der Waals surface area (Å²) in [6.07, 6.45) is 0. The molecule has 0 saturated heterocycles. The maximum Gasteiger partial charge on any atom is 0.320 e. The molecule has 16 heavy (non-hydrogen) atoms. The van der Waals surface area contributed by atoms with Gasteiger partial charge < -0.3 is 15.2 Å². The van der Waals surface area contributed by atoms with Crippen molar-refractivity contribution in [2.75, 3.05) is 7.11 Å². The van der Waals surface area contributed by atoms with Gasteiger partial charge in [0.05, 0.1) is 11.6 Å². The summed E-state index contributed by atoms with van der Waals surface area (Å²) >= 11 is 3.37. The fraction of sp³-hybridized carbons (Fsp3) is 0.364. The number of ether oxygens (including phenoxy) is 1. The highest BCUT2D eigenvalue weighted by Gasteiger charge is 2.09. The summed E-state index contributed by atoms with van der Waals surface area (Å²) in [6, 6.07) is 5.08. The van der Waals surface area contributed by atoms with Crippen LogP contribution < -0.4 is 10.1 Å². The first-order chi connectivity index (χ1) is 7.54. The number of aliphatic carboxylic acids is 1. The Balaban J connectivity index is 2.62. The monoisotopic (exact) mass is 287 g/mol. The van der Waals surface area contributed by atoms with Gasteiger partial charge in [-0.25, -0.2) is 0 Å². The van der Waals surface area contributed by atoms with Crippen LogP contribution in [-0.4, -0.2) is 24.2 Å². The molecular weight excluding hydrogens is 274 g/mol. The van der Waals surface area contributed by atoms with E-state index in [-0.39, 0.29) is 0 Å². The van der Waals surface area contributed by atoms with Crippen LogP contribution in [0.5, 0.6) is 5.75 Å². The maximum atomic E-state index is 10.6. The van der Waals surface area contributed by atoms with Crippen molar-refractivity contribution >= 4 is 21.9 Å². The van der Waals surface area contributed by atoms with Crippen LogP contribution in [0.4, 0.5) is 0 Å². The molecular formula is C11H14BrNO3. The molecule has 0 bridgehead atoms. The number of hydrogen-bond acceptors (Lipinski definition) is 3. The average Bonchev–Trinajstić information content (AvgIpc) is 2.25. The molecule has 1 rings (SSSR count). The van der Waals surface area contributed by atoms with E-state index in [1.54, 1.807) is 14.0 Å². The van der Waals surface area contributed by atoms with E-state index >= 15 is 0 Å². The molecule has 0 amide bonds. The van der Waals surface area contributed by atoms with Crippen LogP contribution in [0.15, 0.2) is 22.7 Å². The van der Waals surface area contributed by atoms with Gasteiger partial charge in [0.1, 0.15) is 11.8 Å². The largest absolute Gasteiger partial charge is 0.496 e. The van der Waals surface area contributed by atoms with Crippen molar-refractivity contribution in [3.8, 4) is 5.75 Å². The van der Waals surface area contributed by atoms with Crippen molar-refractivity contribution < 1.29 is 14.6 Å². The number of nitrogens with one attached hydrogen (secondary N) is 1. The minimum Gasteiger partial charge on any atom is -0.496 e. The summed E-state index contributed by atoms with van der Waals surface area (Å²) in [5, 5.41) is 11.6. The van der Waals surface area contributed by atoms with Gasteiger partial charge in [0.2, 0.25) is 0 Å². The zero-order chi connectivity index (χ0) is 12.1. The van der Waals surface area contributed by atoms with Crippen LogP contribution >= 0.6 is 15.9 Å². The number of benzene rings is 1. The standard InChI is InChI=1S/C11H14BrNO3/c1-7(11(14)15)13-6-8-3-4-10(16-2)9(12)5-8/h3-5,7,13H,6H2,1-2H3,(H,14,15)/t7-/m0/s1. The summed E-state index contributed by atoms with van der Waals surface area (Å²) in [5.41, 5.74) is 1.00. The van der Waals surface area contributed by atoms with Gasteiger partial charge >= 0.3 is 5.97 Å².